The van der Waals surface area contributed by atoms with Gasteiger partial charge in [-0.05, 0) is 37.7 Å². The van der Waals surface area contributed by atoms with Crippen molar-refractivity contribution < 1.29 is 4.79 Å². The summed E-state index contributed by atoms with van der Waals surface area (Å²) in [6, 6.07) is 15.4. The van der Waals surface area contributed by atoms with Crippen LogP contribution in [-0.2, 0) is 11.3 Å². The molecule has 2 aromatic rings. The number of anilines is 1. The van der Waals surface area contributed by atoms with Crippen LogP contribution in [0.5, 0.6) is 0 Å². The summed E-state index contributed by atoms with van der Waals surface area (Å²) in [7, 11) is 1.90. The molecule has 21 heavy (non-hydrogen) atoms. The maximum Gasteiger partial charge on any atom is 0.238 e. The van der Waals surface area contributed by atoms with Gasteiger partial charge in [0.1, 0.15) is 0 Å². The second-order valence-corrected chi connectivity index (χ2v) is 5.59. The van der Waals surface area contributed by atoms with E-state index in [2.05, 4.69) is 5.32 Å². The normalized spacial score (nSPS) is 10.7. The monoisotopic (exact) mass is 302 g/mol. The third-order valence-electron chi connectivity index (χ3n) is 3.15. The number of benzene rings is 2. The third-order valence-corrected chi connectivity index (χ3v) is 3.52. The number of amides is 1. The summed E-state index contributed by atoms with van der Waals surface area (Å²) < 4.78 is 0. The number of carbonyl (C=O) groups is 1. The summed E-state index contributed by atoms with van der Waals surface area (Å²) in [6.45, 7) is 2.98. The van der Waals surface area contributed by atoms with Gasteiger partial charge >= 0.3 is 0 Å². The second kappa shape index (κ2) is 7.25. The Balaban J connectivity index is 1.87. The average Bonchev–Trinajstić information content (AvgIpc) is 2.44. The van der Waals surface area contributed by atoms with Crippen molar-refractivity contribution in [3.8, 4) is 0 Å². The predicted octanol–water partition coefficient (Wildman–Crippen LogP) is 3.72. The molecular weight excluding hydrogens is 284 g/mol. The Morgan fingerprint density at radius 1 is 1.14 bits per heavy atom. The lowest BCUT2D eigenvalue weighted by Gasteiger charge is -2.17. The Hall–Kier alpha value is -1.84. The molecule has 0 spiro atoms. The molecule has 0 saturated carbocycles. The van der Waals surface area contributed by atoms with Crippen LogP contribution in [0, 0.1) is 6.92 Å². The number of aryl methyl sites for hydroxylation is 1. The molecule has 0 aromatic heterocycles. The minimum absolute atomic E-state index is 0.0339. The van der Waals surface area contributed by atoms with E-state index in [1.54, 1.807) is 0 Å². The summed E-state index contributed by atoms with van der Waals surface area (Å²) in [5.74, 6) is -0.0339. The number of nitrogens with zero attached hydrogens (tertiary/aromatic N) is 1. The lowest BCUT2D eigenvalue weighted by atomic mass is 10.2. The highest BCUT2D eigenvalue weighted by Gasteiger charge is 2.09. The van der Waals surface area contributed by atoms with Crippen LogP contribution in [0.2, 0.25) is 5.02 Å². The summed E-state index contributed by atoms with van der Waals surface area (Å²) in [5.41, 5.74) is 3.00. The van der Waals surface area contributed by atoms with Gasteiger partial charge in [0.05, 0.1) is 6.54 Å². The van der Waals surface area contributed by atoms with Crippen molar-refractivity contribution in [2.24, 2.45) is 0 Å². The SMILES string of the molecule is Cc1ccc(NC(=O)CN(C)Cc2ccccc2Cl)cc1. The molecule has 110 valence electrons. The molecule has 0 saturated heterocycles. The van der Waals surface area contributed by atoms with E-state index in [1.165, 1.54) is 5.56 Å². The van der Waals surface area contributed by atoms with E-state index in [-0.39, 0.29) is 5.91 Å². The second-order valence-electron chi connectivity index (χ2n) is 5.18. The molecule has 0 aliphatic heterocycles. The van der Waals surface area contributed by atoms with Crippen LogP contribution in [-0.4, -0.2) is 24.4 Å². The standard InChI is InChI=1S/C17H19ClN2O/c1-13-7-9-15(10-8-13)19-17(21)12-20(2)11-14-5-3-4-6-16(14)18/h3-10H,11-12H2,1-2H3,(H,19,21). The fraction of sp³-hybridized carbons (Fsp3) is 0.235. The first kappa shape index (κ1) is 15.5. The summed E-state index contributed by atoms with van der Waals surface area (Å²) in [6.07, 6.45) is 0. The Morgan fingerprint density at radius 3 is 2.48 bits per heavy atom. The lowest BCUT2D eigenvalue weighted by molar-refractivity contribution is -0.117. The molecule has 2 aromatic carbocycles. The van der Waals surface area contributed by atoms with Crippen LogP contribution in [0.4, 0.5) is 5.69 Å². The average molecular weight is 303 g/mol. The molecule has 0 fully saturated rings. The van der Waals surface area contributed by atoms with E-state index in [9.17, 15) is 4.79 Å². The molecule has 0 bridgehead atoms. The van der Waals surface area contributed by atoms with Crippen LogP contribution in [0.1, 0.15) is 11.1 Å². The van der Waals surface area contributed by atoms with Gasteiger partial charge in [0.25, 0.3) is 0 Å². The first-order valence-electron chi connectivity index (χ1n) is 6.83. The third kappa shape index (κ3) is 4.88. The zero-order valence-electron chi connectivity index (χ0n) is 12.3. The first-order valence-corrected chi connectivity index (χ1v) is 7.21. The molecule has 0 heterocycles. The number of halogens is 1. The number of carbonyl (C=O) groups excluding carboxylic acids is 1. The number of likely N-dealkylation sites (N-methyl/N-ethyl adjacent to an activating group) is 1. The first-order chi connectivity index (χ1) is 10.0. The quantitative estimate of drug-likeness (QED) is 0.913. The van der Waals surface area contributed by atoms with Gasteiger partial charge in [0, 0.05) is 17.3 Å². The van der Waals surface area contributed by atoms with Crippen LogP contribution in [0.25, 0.3) is 0 Å². The summed E-state index contributed by atoms with van der Waals surface area (Å²) in [5, 5.41) is 3.61. The molecule has 0 unspecified atom stereocenters. The van der Waals surface area contributed by atoms with Crippen molar-refractivity contribution in [1.82, 2.24) is 4.90 Å². The van der Waals surface area contributed by atoms with Gasteiger partial charge in [-0.25, -0.2) is 0 Å². The highest BCUT2D eigenvalue weighted by atomic mass is 35.5. The highest BCUT2D eigenvalue weighted by Crippen LogP contribution is 2.16. The van der Waals surface area contributed by atoms with Crippen molar-refractivity contribution >= 4 is 23.2 Å². The van der Waals surface area contributed by atoms with Crippen LogP contribution in [0.15, 0.2) is 48.5 Å². The Morgan fingerprint density at radius 2 is 1.81 bits per heavy atom. The van der Waals surface area contributed by atoms with Crippen LogP contribution < -0.4 is 5.32 Å². The van der Waals surface area contributed by atoms with Gasteiger partial charge in [-0.1, -0.05) is 47.5 Å². The van der Waals surface area contributed by atoms with Crippen LogP contribution in [0.3, 0.4) is 0 Å². The predicted molar refractivity (Wildman–Crippen MR) is 87.6 cm³/mol. The van der Waals surface area contributed by atoms with Crippen molar-refractivity contribution in [2.75, 3.05) is 18.9 Å². The molecule has 0 aliphatic rings. The van der Waals surface area contributed by atoms with Crippen molar-refractivity contribution in [3.05, 3.63) is 64.7 Å². The Kier molecular flexibility index (Phi) is 5.37. The van der Waals surface area contributed by atoms with E-state index in [0.717, 1.165) is 16.3 Å². The number of rotatable bonds is 5. The molecule has 0 aliphatic carbocycles. The van der Waals surface area contributed by atoms with Crippen molar-refractivity contribution in [3.63, 3.8) is 0 Å². The molecule has 1 amide bonds. The van der Waals surface area contributed by atoms with Gasteiger partial charge in [-0.3, -0.25) is 9.69 Å². The highest BCUT2D eigenvalue weighted by molar-refractivity contribution is 6.31. The minimum atomic E-state index is -0.0339. The number of hydrogen-bond donors (Lipinski definition) is 1. The van der Waals surface area contributed by atoms with Crippen molar-refractivity contribution in [1.29, 1.82) is 0 Å². The van der Waals surface area contributed by atoms with Gasteiger partial charge < -0.3 is 5.32 Å². The fourth-order valence-electron chi connectivity index (χ4n) is 2.06. The van der Waals surface area contributed by atoms with Crippen molar-refractivity contribution in [2.45, 2.75) is 13.5 Å². The Bertz CT molecular complexity index is 610. The lowest BCUT2D eigenvalue weighted by Crippen LogP contribution is -2.29. The molecule has 4 heteroatoms. The fourth-order valence-corrected chi connectivity index (χ4v) is 2.25. The zero-order valence-corrected chi connectivity index (χ0v) is 13.0. The van der Waals surface area contributed by atoms with E-state index < -0.39 is 0 Å². The molecular formula is C17H19ClN2O. The number of nitrogens with one attached hydrogen (secondary N) is 1. The van der Waals surface area contributed by atoms with E-state index in [1.807, 2.05) is 67.4 Å². The smallest absolute Gasteiger partial charge is 0.238 e. The van der Waals surface area contributed by atoms with E-state index in [0.29, 0.717) is 13.1 Å². The molecule has 0 atom stereocenters. The summed E-state index contributed by atoms with van der Waals surface area (Å²) in [4.78, 5) is 13.9. The minimum Gasteiger partial charge on any atom is -0.325 e. The largest absolute Gasteiger partial charge is 0.325 e. The van der Waals surface area contributed by atoms with Gasteiger partial charge in [0.2, 0.25) is 5.91 Å². The van der Waals surface area contributed by atoms with Crippen LogP contribution >= 0.6 is 11.6 Å². The molecule has 2 rings (SSSR count). The maximum atomic E-state index is 12.0. The maximum absolute atomic E-state index is 12.0. The van der Waals surface area contributed by atoms with Gasteiger partial charge in [0.15, 0.2) is 0 Å². The number of hydrogen-bond acceptors (Lipinski definition) is 2. The molecule has 0 radical (unpaired) electrons. The van der Waals surface area contributed by atoms with E-state index in [4.69, 9.17) is 11.6 Å². The Labute approximate surface area is 130 Å². The topological polar surface area (TPSA) is 32.3 Å². The summed E-state index contributed by atoms with van der Waals surface area (Å²) >= 11 is 6.12. The zero-order chi connectivity index (χ0) is 15.2. The van der Waals surface area contributed by atoms with E-state index >= 15 is 0 Å². The molecule has 3 nitrogen and oxygen atoms in total. The molecule has 1 N–H and O–H groups in total. The van der Waals surface area contributed by atoms with Gasteiger partial charge in [-0.2, -0.15) is 0 Å². The van der Waals surface area contributed by atoms with Gasteiger partial charge in [-0.15, -0.1) is 0 Å².